The summed E-state index contributed by atoms with van der Waals surface area (Å²) in [5.41, 5.74) is 0.178. The molecule has 188 valence electrons. The predicted octanol–water partition coefficient (Wildman–Crippen LogP) is 6.07. The van der Waals surface area contributed by atoms with Gasteiger partial charge in [0.05, 0.1) is 16.7 Å². The first-order valence-corrected chi connectivity index (χ1v) is 11.6. The highest BCUT2D eigenvalue weighted by Gasteiger charge is 2.42. The number of carbonyl (C=O) groups is 1. The van der Waals surface area contributed by atoms with Gasteiger partial charge in [-0.2, -0.15) is 22.8 Å². The fourth-order valence-corrected chi connectivity index (χ4v) is 5.05. The Morgan fingerprint density at radius 3 is 2.54 bits per heavy atom. The lowest BCUT2D eigenvalue weighted by molar-refractivity contribution is -0.149. The number of hydrogen-bond donors (Lipinski definition) is 1. The Bertz CT molecular complexity index is 1280. The standard InChI is InChI=1S/C25H28F4N4O2/c1-5-24(23(34)35)9-6-10-32(13-24)22-21(14(2)3)15(4)30-20-12-19(31-33(20)22)17-8-7-16(11-18(17)26)25(27,28)29/h7-8,11-12,14H,5-6,9-10,13H2,1-4H3,(H,34,35). The van der Waals surface area contributed by atoms with Crippen molar-refractivity contribution in [3.8, 4) is 11.3 Å². The second-order valence-electron chi connectivity index (χ2n) is 9.55. The van der Waals surface area contributed by atoms with Gasteiger partial charge in [0.25, 0.3) is 0 Å². The summed E-state index contributed by atoms with van der Waals surface area (Å²) in [5.74, 6) is -1.13. The zero-order valence-electron chi connectivity index (χ0n) is 20.1. The second kappa shape index (κ2) is 8.80. The lowest BCUT2D eigenvalue weighted by atomic mass is 9.77. The zero-order chi connectivity index (χ0) is 25.7. The molecule has 0 bridgehead atoms. The number of aliphatic carboxylic acids is 1. The van der Waals surface area contributed by atoms with Gasteiger partial charge in [0.15, 0.2) is 5.65 Å². The van der Waals surface area contributed by atoms with Crippen molar-refractivity contribution in [1.29, 1.82) is 0 Å². The molecule has 0 spiro atoms. The van der Waals surface area contributed by atoms with Crippen molar-refractivity contribution >= 4 is 17.4 Å². The Morgan fingerprint density at radius 1 is 1.26 bits per heavy atom. The van der Waals surface area contributed by atoms with Crippen molar-refractivity contribution in [2.75, 3.05) is 18.0 Å². The number of benzene rings is 1. The molecule has 1 aliphatic heterocycles. The van der Waals surface area contributed by atoms with Crippen molar-refractivity contribution in [2.45, 2.75) is 59.1 Å². The number of fused-ring (bicyclic) bond motifs is 1. The molecule has 35 heavy (non-hydrogen) atoms. The predicted molar refractivity (Wildman–Crippen MR) is 124 cm³/mol. The molecule has 6 nitrogen and oxygen atoms in total. The Balaban J connectivity index is 1.89. The van der Waals surface area contributed by atoms with Crippen molar-refractivity contribution in [3.05, 3.63) is 46.9 Å². The van der Waals surface area contributed by atoms with E-state index in [4.69, 9.17) is 0 Å². The lowest BCUT2D eigenvalue weighted by Crippen LogP contribution is -2.48. The van der Waals surface area contributed by atoms with E-state index in [1.54, 1.807) is 10.6 Å². The summed E-state index contributed by atoms with van der Waals surface area (Å²) in [4.78, 5) is 18.8. The number of alkyl halides is 3. The van der Waals surface area contributed by atoms with Gasteiger partial charge in [-0.25, -0.2) is 9.37 Å². The summed E-state index contributed by atoms with van der Waals surface area (Å²) in [5, 5.41) is 14.5. The average Bonchev–Trinajstić information content (AvgIpc) is 3.20. The van der Waals surface area contributed by atoms with Gasteiger partial charge in [-0.1, -0.05) is 20.8 Å². The van der Waals surface area contributed by atoms with Crippen molar-refractivity contribution < 1.29 is 27.5 Å². The first-order valence-electron chi connectivity index (χ1n) is 11.6. The Hall–Kier alpha value is -3.17. The maximum absolute atomic E-state index is 14.7. The molecule has 4 rings (SSSR count). The van der Waals surface area contributed by atoms with Crippen LogP contribution in [0.5, 0.6) is 0 Å². The van der Waals surface area contributed by atoms with Gasteiger partial charge >= 0.3 is 12.1 Å². The third kappa shape index (κ3) is 4.34. The van der Waals surface area contributed by atoms with Gasteiger partial charge in [0, 0.05) is 36.0 Å². The molecule has 1 aromatic carbocycles. The highest BCUT2D eigenvalue weighted by molar-refractivity contribution is 5.76. The molecule has 3 aromatic rings. The monoisotopic (exact) mass is 492 g/mol. The lowest BCUT2D eigenvalue weighted by Gasteiger charge is -2.41. The van der Waals surface area contributed by atoms with E-state index < -0.39 is 28.9 Å². The van der Waals surface area contributed by atoms with Gasteiger partial charge in [-0.3, -0.25) is 4.79 Å². The number of aryl methyl sites for hydroxylation is 1. The van der Waals surface area contributed by atoms with Crippen molar-refractivity contribution in [3.63, 3.8) is 0 Å². The van der Waals surface area contributed by atoms with Gasteiger partial charge in [-0.05, 0) is 50.3 Å². The van der Waals surface area contributed by atoms with Crippen LogP contribution in [0.3, 0.4) is 0 Å². The van der Waals surface area contributed by atoms with Crippen LogP contribution < -0.4 is 4.90 Å². The molecule has 1 unspecified atom stereocenters. The van der Waals surface area contributed by atoms with Gasteiger partial charge < -0.3 is 10.0 Å². The van der Waals surface area contributed by atoms with Crippen LogP contribution in [0, 0.1) is 18.2 Å². The number of piperidine rings is 1. The van der Waals surface area contributed by atoms with E-state index in [1.165, 1.54) is 0 Å². The molecule has 10 heteroatoms. The number of rotatable bonds is 5. The molecule has 1 aliphatic rings. The number of carboxylic acids is 1. The van der Waals surface area contributed by atoms with E-state index >= 15 is 0 Å². The minimum Gasteiger partial charge on any atom is -0.481 e. The van der Waals surface area contributed by atoms with Crippen LogP contribution in [0.4, 0.5) is 23.4 Å². The average molecular weight is 493 g/mol. The third-order valence-electron chi connectivity index (χ3n) is 6.96. The highest BCUT2D eigenvalue weighted by Crippen LogP contribution is 2.40. The van der Waals surface area contributed by atoms with Crippen LogP contribution >= 0.6 is 0 Å². The molecular weight excluding hydrogens is 464 g/mol. The molecular formula is C25H28F4N4O2. The van der Waals surface area contributed by atoms with Crippen LogP contribution in [-0.4, -0.2) is 38.8 Å². The van der Waals surface area contributed by atoms with Gasteiger partial charge in [0.2, 0.25) is 0 Å². The number of aromatic nitrogens is 3. The summed E-state index contributed by atoms with van der Waals surface area (Å²) in [6.07, 6.45) is -2.92. The van der Waals surface area contributed by atoms with E-state index in [0.29, 0.717) is 49.9 Å². The van der Waals surface area contributed by atoms with Crippen LogP contribution in [0.25, 0.3) is 16.9 Å². The molecule has 0 saturated carbocycles. The summed E-state index contributed by atoms with van der Waals surface area (Å²) >= 11 is 0. The SMILES string of the molecule is CCC1(C(=O)O)CCCN(c2c(C(C)C)c(C)nc3cc(-c4ccc(C(F)(F)F)cc4F)nn23)C1. The van der Waals surface area contributed by atoms with E-state index in [9.17, 15) is 27.5 Å². The smallest absolute Gasteiger partial charge is 0.416 e. The largest absolute Gasteiger partial charge is 0.481 e. The molecule has 0 radical (unpaired) electrons. The van der Waals surface area contributed by atoms with Crippen LogP contribution in [0.2, 0.25) is 0 Å². The number of hydrogen-bond acceptors (Lipinski definition) is 4. The Labute approximate surface area is 200 Å². The second-order valence-corrected chi connectivity index (χ2v) is 9.55. The maximum Gasteiger partial charge on any atom is 0.416 e. The minimum atomic E-state index is -4.65. The molecule has 1 saturated heterocycles. The molecule has 0 amide bonds. The van der Waals surface area contributed by atoms with Crippen LogP contribution in [0.1, 0.15) is 62.8 Å². The van der Waals surface area contributed by atoms with E-state index in [-0.39, 0.29) is 17.2 Å². The van der Waals surface area contributed by atoms with Crippen LogP contribution in [0.15, 0.2) is 24.3 Å². The number of halogens is 4. The summed E-state index contributed by atoms with van der Waals surface area (Å²) in [7, 11) is 0. The first-order chi connectivity index (χ1) is 16.4. The minimum absolute atomic E-state index is 0.0418. The Kier molecular flexibility index (Phi) is 6.27. The van der Waals surface area contributed by atoms with Gasteiger partial charge in [0.1, 0.15) is 11.6 Å². The van der Waals surface area contributed by atoms with E-state index in [0.717, 1.165) is 23.4 Å². The summed E-state index contributed by atoms with van der Waals surface area (Å²) < 4.78 is 55.3. The highest BCUT2D eigenvalue weighted by atomic mass is 19.4. The topological polar surface area (TPSA) is 70.7 Å². The number of carboxylic acid groups (broad SMARTS) is 1. The third-order valence-corrected chi connectivity index (χ3v) is 6.96. The van der Waals surface area contributed by atoms with Crippen molar-refractivity contribution in [1.82, 2.24) is 14.6 Å². The quantitative estimate of drug-likeness (QED) is 0.438. The molecule has 2 aromatic heterocycles. The molecule has 0 aliphatic carbocycles. The fourth-order valence-electron chi connectivity index (χ4n) is 5.05. The van der Waals surface area contributed by atoms with E-state index in [1.807, 2.05) is 32.6 Å². The molecule has 1 atom stereocenters. The molecule has 1 fully saturated rings. The Morgan fingerprint density at radius 2 is 1.97 bits per heavy atom. The maximum atomic E-state index is 14.7. The summed E-state index contributed by atoms with van der Waals surface area (Å²) in [6.45, 7) is 8.66. The van der Waals surface area contributed by atoms with Gasteiger partial charge in [-0.15, -0.1) is 0 Å². The first kappa shape index (κ1) is 24.9. The number of anilines is 1. The zero-order valence-corrected chi connectivity index (χ0v) is 20.1. The van der Waals surface area contributed by atoms with E-state index in [2.05, 4.69) is 10.1 Å². The van der Waals surface area contributed by atoms with Crippen molar-refractivity contribution in [2.24, 2.45) is 5.41 Å². The molecule has 3 heterocycles. The summed E-state index contributed by atoms with van der Waals surface area (Å²) in [6, 6.07) is 3.91. The molecule has 1 N–H and O–H groups in total. The van der Waals surface area contributed by atoms with Crippen LogP contribution in [-0.2, 0) is 11.0 Å². The normalized spacial score (nSPS) is 19.1. The number of nitrogens with zero attached hydrogens (tertiary/aromatic N) is 4. The fraction of sp³-hybridized carbons (Fsp3) is 0.480.